The first-order chi connectivity index (χ1) is 18.0. The second-order valence-electron chi connectivity index (χ2n) is 8.61. The van der Waals surface area contributed by atoms with Gasteiger partial charge in [0.05, 0.1) is 5.92 Å². The van der Waals surface area contributed by atoms with Gasteiger partial charge in [-0.2, -0.15) is 8.42 Å². The third-order valence-corrected chi connectivity index (χ3v) is 7.02. The Labute approximate surface area is 218 Å². The summed E-state index contributed by atoms with van der Waals surface area (Å²) in [5.74, 6) is -0.512. The molecule has 0 aliphatic heterocycles. The number of ether oxygens (including phenoxy) is 1. The Morgan fingerprint density at radius 2 is 1.27 bits per heavy atom. The number of rotatable bonds is 12. The van der Waals surface area contributed by atoms with Crippen molar-refractivity contribution in [3.05, 3.63) is 132 Å². The number of esters is 1. The van der Waals surface area contributed by atoms with E-state index < -0.39 is 16.0 Å². The van der Waals surface area contributed by atoms with Gasteiger partial charge in [0.15, 0.2) is 0 Å². The van der Waals surface area contributed by atoms with E-state index in [1.165, 1.54) is 12.1 Å². The molecule has 0 heterocycles. The van der Waals surface area contributed by atoms with Crippen LogP contribution in [0.4, 0.5) is 0 Å². The number of benzene rings is 4. The number of nitrogens with one attached hydrogen (secondary N) is 1. The molecule has 6 nitrogen and oxygen atoms in total. The van der Waals surface area contributed by atoms with Gasteiger partial charge in [0.2, 0.25) is 0 Å². The van der Waals surface area contributed by atoms with Crippen LogP contribution in [-0.2, 0) is 39.2 Å². The highest BCUT2D eigenvalue weighted by molar-refractivity contribution is 7.87. The Bertz CT molecular complexity index is 1360. The van der Waals surface area contributed by atoms with E-state index in [0.717, 1.165) is 16.7 Å². The van der Waals surface area contributed by atoms with Gasteiger partial charge in [0.25, 0.3) is 0 Å². The molecule has 1 atom stereocenters. The van der Waals surface area contributed by atoms with Crippen molar-refractivity contribution in [3.63, 3.8) is 0 Å². The molecule has 7 heteroatoms. The first kappa shape index (κ1) is 26.1. The van der Waals surface area contributed by atoms with Crippen LogP contribution in [0, 0.1) is 5.92 Å². The van der Waals surface area contributed by atoms with E-state index in [0.29, 0.717) is 19.5 Å². The summed E-state index contributed by atoms with van der Waals surface area (Å²) in [6.07, 6.45) is 0.432. The molecule has 0 radical (unpaired) electrons. The van der Waals surface area contributed by atoms with Crippen molar-refractivity contribution < 1.29 is 22.1 Å². The van der Waals surface area contributed by atoms with Crippen LogP contribution in [0.3, 0.4) is 0 Å². The van der Waals surface area contributed by atoms with Crippen LogP contribution in [0.1, 0.15) is 16.7 Å². The van der Waals surface area contributed by atoms with Crippen molar-refractivity contribution in [3.8, 4) is 5.75 Å². The highest BCUT2D eigenvalue weighted by atomic mass is 32.2. The average Bonchev–Trinajstić information content (AvgIpc) is 2.93. The molecule has 4 aromatic rings. The molecular formula is C30H29NO5S. The minimum absolute atomic E-state index is 0.0878. The molecule has 37 heavy (non-hydrogen) atoms. The number of carbonyl (C=O) groups is 1. The molecule has 1 N–H and O–H groups in total. The van der Waals surface area contributed by atoms with Gasteiger partial charge < -0.3 is 14.2 Å². The molecule has 0 amide bonds. The second kappa shape index (κ2) is 12.9. The summed E-state index contributed by atoms with van der Waals surface area (Å²) >= 11 is 0. The van der Waals surface area contributed by atoms with Crippen molar-refractivity contribution in [2.75, 3.05) is 6.54 Å². The predicted molar refractivity (Wildman–Crippen MR) is 142 cm³/mol. The minimum Gasteiger partial charge on any atom is -0.461 e. The SMILES string of the molecule is O=C(OCc1ccccc1)C(CNCc1ccccc1)Cc1ccc(OS(=O)(=O)c2ccccc2)cc1. The minimum atomic E-state index is -3.92. The van der Waals surface area contributed by atoms with Crippen LogP contribution in [-0.4, -0.2) is 20.9 Å². The van der Waals surface area contributed by atoms with Crippen LogP contribution in [0.5, 0.6) is 5.75 Å². The third kappa shape index (κ3) is 8.03. The van der Waals surface area contributed by atoms with Gasteiger partial charge in [0.1, 0.15) is 17.3 Å². The fourth-order valence-electron chi connectivity index (χ4n) is 3.80. The molecule has 0 spiro atoms. The van der Waals surface area contributed by atoms with Crippen LogP contribution in [0.25, 0.3) is 0 Å². The first-order valence-electron chi connectivity index (χ1n) is 12.0. The van der Waals surface area contributed by atoms with Crippen molar-refractivity contribution in [1.82, 2.24) is 5.32 Å². The Morgan fingerprint density at radius 3 is 1.89 bits per heavy atom. The summed E-state index contributed by atoms with van der Waals surface area (Å²) in [4.78, 5) is 13.1. The topological polar surface area (TPSA) is 81.7 Å². The molecule has 4 aromatic carbocycles. The van der Waals surface area contributed by atoms with Crippen LogP contribution < -0.4 is 9.50 Å². The lowest BCUT2D eigenvalue weighted by molar-refractivity contribution is -0.149. The normalized spacial score (nSPS) is 12.0. The van der Waals surface area contributed by atoms with E-state index in [9.17, 15) is 13.2 Å². The lowest BCUT2D eigenvalue weighted by atomic mass is 9.99. The highest BCUT2D eigenvalue weighted by Gasteiger charge is 2.21. The van der Waals surface area contributed by atoms with Gasteiger partial charge in [-0.05, 0) is 47.4 Å². The Morgan fingerprint density at radius 1 is 0.703 bits per heavy atom. The Hall–Kier alpha value is -3.94. The van der Waals surface area contributed by atoms with E-state index in [2.05, 4.69) is 5.32 Å². The monoisotopic (exact) mass is 515 g/mol. The van der Waals surface area contributed by atoms with Crippen LogP contribution in [0.15, 0.2) is 120 Å². The van der Waals surface area contributed by atoms with Crippen molar-refractivity contribution in [1.29, 1.82) is 0 Å². The molecule has 0 bridgehead atoms. The number of hydrogen-bond acceptors (Lipinski definition) is 6. The Kier molecular flexibility index (Phi) is 9.08. The van der Waals surface area contributed by atoms with Crippen molar-refractivity contribution >= 4 is 16.1 Å². The smallest absolute Gasteiger partial charge is 0.339 e. The van der Waals surface area contributed by atoms with Gasteiger partial charge >= 0.3 is 16.1 Å². The first-order valence-corrected chi connectivity index (χ1v) is 13.4. The van der Waals surface area contributed by atoms with E-state index in [4.69, 9.17) is 8.92 Å². The van der Waals surface area contributed by atoms with Gasteiger partial charge in [-0.3, -0.25) is 4.79 Å². The molecular weight excluding hydrogens is 486 g/mol. The van der Waals surface area contributed by atoms with Crippen molar-refractivity contribution in [2.45, 2.75) is 24.5 Å². The zero-order chi connectivity index (χ0) is 25.9. The van der Waals surface area contributed by atoms with E-state index in [-0.39, 0.29) is 23.2 Å². The Balaban J connectivity index is 1.40. The quantitative estimate of drug-likeness (QED) is 0.208. The summed E-state index contributed by atoms with van der Waals surface area (Å²) in [6, 6.07) is 34.2. The molecule has 190 valence electrons. The highest BCUT2D eigenvalue weighted by Crippen LogP contribution is 2.21. The summed E-state index contributed by atoms with van der Waals surface area (Å²) < 4.78 is 35.9. The molecule has 0 fully saturated rings. The van der Waals surface area contributed by atoms with Gasteiger partial charge in [0, 0.05) is 13.1 Å². The molecule has 0 saturated carbocycles. The fourth-order valence-corrected chi connectivity index (χ4v) is 4.75. The summed E-state index contributed by atoms with van der Waals surface area (Å²) in [5, 5.41) is 3.36. The van der Waals surface area contributed by atoms with Crippen LogP contribution in [0.2, 0.25) is 0 Å². The summed E-state index contributed by atoms with van der Waals surface area (Å²) in [5.41, 5.74) is 2.92. The van der Waals surface area contributed by atoms with Crippen molar-refractivity contribution in [2.24, 2.45) is 5.92 Å². The van der Waals surface area contributed by atoms with E-state index >= 15 is 0 Å². The standard InChI is InChI=1S/C30H29NO5S/c32-30(35-23-26-12-6-2-7-13-26)27(22-31-21-25-10-4-1-5-11-25)20-24-16-18-28(19-17-24)36-37(33,34)29-14-8-3-9-15-29/h1-19,27,31H,20-23H2. The lowest BCUT2D eigenvalue weighted by Crippen LogP contribution is -2.31. The van der Waals surface area contributed by atoms with Gasteiger partial charge in [-0.25, -0.2) is 0 Å². The second-order valence-corrected chi connectivity index (χ2v) is 10.2. The average molecular weight is 516 g/mol. The molecule has 0 aliphatic rings. The van der Waals surface area contributed by atoms with Crippen LogP contribution >= 0.6 is 0 Å². The largest absolute Gasteiger partial charge is 0.461 e. The number of hydrogen-bond donors (Lipinski definition) is 1. The third-order valence-electron chi connectivity index (χ3n) is 5.76. The maximum atomic E-state index is 13.0. The summed E-state index contributed by atoms with van der Waals surface area (Å²) in [6.45, 7) is 1.27. The summed E-state index contributed by atoms with van der Waals surface area (Å²) in [7, 11) is -3.92. The maximum Gasteiger partial charge on any atom is 0.339 e. The molecule has 1 unspecified atom stereocenters. The molecule has 0 aromatic heterocycles. The molecule has 0 aliphatic carbocycles. The zero-order valence-electron chi connectivity index (χ0n) is 20.3. The van der Waals surface area contributed by atoms with E-state index in [1.54, 1.807) is 42.5 Å². The maximum absolute atomic E-state index is 13.0. The fraction of sp³-hybridized carbons (Fsp3) is 0.167. The van der Waals surface area contributed by atoms with E-state index in [1.807, 2.05) is 60.7 Å². The molecule has 0 saturated heterocycles. The zero-order valence-corrected chi connectivity index (χ0v) is 21.1. The number of carbonyl (C=O) groups excluding carboxylic acids is 1. The predicted octanol–water partition coefficient (Wildman–Crippen LogP) is 5.15. The van der Waals surface area contributed by atoms with Gasteiger partial charge in [-0.1, -0.05) is 91.0 Å². The lowest BCUT2D eigenvalue weighted by Gasteiger charge is -2.17. The molecule has 4 rings (SSSR count). The van der Waals surface area contributed by atoms with Gasteiger partial charge in [-0.15, -0.1) is 0 Å².